The Morgan fingerprint density at radius 1 is 1.47 bits per heavy atom. The Morgan fingerprint density at radius 2 is 2.12 bits per heavy atom. The lowest BCUT2D eigenvalue weighted by Gasteiger charge is -2.19. The van der Waals surface area contributed by atoms with E-state index < -0.39 is 5.91 Å². The number of halogens is 2. The number of nitrogens with zero attached hydrogens (tertiary/aromatic N) is 1. The lowest BCUT2D eigenvalue weighted by atomic mass is 10.2. The van der Waals surface area contributed by atoms with Crippen molar-refractivity contribution in [1.29, 1.82) is 0 Å². The molecular weight excluding hydrogens is 399 g/mol. The maximum absolute atomic E-state index is 12.2. The Bertz CT molecular complexity index is 451. The summed E-state index contributed by atoms with van der Waals surface area (Å²) < 4.78 is 1.68. The van der Waals surface area contributed by atoms with Crippen LogP contribution in [0.2, 0.25) is 0 Å². The summed E-state index contributed by atoms with van der Waals surface area (Å²) in [6, 6.07) is 5.48. The van der Waals surface area contributed by atoms with Gasteiger partial charge in [0.25, 0.3) is 5.91 Å². The summed E-state index contributed by atoms with van der Waals surface area (Å²) in [5.41, 5.74) is 5.65. The van der Waals surface area contributed by atoms with E-state index in [1.807, 2.05) is 19.1 Å². The average Bonchev–Trinajstić information content (AvgIpc) is 2.28. The van der Waals surface area contributed by atoms with Gasteiger partial charge in [-0.05, 0) is 63.6 Å². The summed E-state index contributed by atoms with van der Waals surface area (Å²) in [7, 11) is 0. The van der Waals surface area contributed by atoms with Gasteiger partial charge in [-0.1, -0.05) is 0 Å². The molecule has 0 radical (unpaired) electrons. The predicted octanol–water partition coefficient (Wildman–Crippen LogP) is 2.00. The Labute approximate surface area is 122 Å². The van der Waals surface area contributed by atoms with Crippen LogP contribution in [0.1, 0.15) is 17.3 Å². The quantitative estimate of drug-likeness (QED) is 0.771. The third-order valence-corrected chi connectivity index (χ3v) is 3.54. The zero-order valence-corrected chi connectivity index (χ0v) is 13.0. The molecule has 17 heavy (non-hydrogen) atoms. The molecule has 6 heteroatoms. The maximum Gasteiger partial charge on any atom is 0.255 e. The lowest BCUT2D eigenvalue weighted by Crippen LogP contribution is -2.38. The number of hydrogen-bond donors (Lipinski definition) is 1. The first-order valence-corrected chi connectivity index (χ1v) is 6.85. The molecule has 2 amide bonds. The lowest BCUT2D eigenvalue weighted by molar-refractivity contribution is -0.118. The molecule has 0 heterocycles. The van der Waals surface area contributed by atoms with Crippen molar-refractivity contribution < 1.29 is 9.59 Å². The number of likely N-dealkylation sites (N-methyl/N-ethyl adjacent to an activating group) is 1. The summed E-state index contributed by atoms with van der Waals surface area (Å²) in [5.74, 6) is -0.710. The number of rotatable bonds is 4. The molecule has 0 atom stereocenters. The topological polar surface area (TPSA) is 63.4 Å². The highest BCUT2D eigenvalue weighted by molar-refractivity contribution is 14.1. The van der Waals surface area contributed by atoms with Gasteiger partial charge in [-0.25, -0.2) is 0 Å². The van der Waals surface area contributed by atoms with E-state index >= 15 is 0 Å². The zero-order chi connectivity index (χ0) is 13.0. The number of nitrogens with two attached hydrogens (primary N) is 1. The SMILES string of the molecule is CCN(CC(N)=O)C(=O)c1cc(I)ccc1Br. The van der Waals surface area contributed by atoms with E-state index in [4.69, 9.17) is 5.73 Å². The number of hydrogen-bond acceptors (Lipinski definition) is 2. The molecule has 0 aromatic heterocycles. The van der Waals surface area contributed by atoms with Crippen LogP contribution in [-0.4, -0.2) is 29.8 Å². The molecule has 4 nitrogen and oxygen atoms in total. The van der Waals surface area contributed by atoms with Crippen LogP contribution < -0.4 is 5.73 Å². The summed E-state index contributed by atoms with van der Waals surface area (Å²) >= 11 is 5.46. The summed E-state index contributed by atoms with van der Waals surface area (Å²) in [4.78, 5) is 24.5. The summed E-state index contributed by atoms with van der Waals surface area (Å²) in [5, 5.41) is 0. The second-order valence-corrected chi connectivity index (χ2v) is 5.51. The minimum atomic E-state index is -0.512. The Morgan fingerprint density at radius 3 is 2.65 bits per heavy atom. The first kappa shape index (κ1) is 14.4. The van der Waals surface area contributed by atoms with Gasteiger partial charge >= 0.3 is 0 Å². The first-order valence-electron chi connectivity index (χ1n) is 4.98. The average molecular weight is 411 g/mol. The van der Waals surface area contributed by atoms with Gasteiger partial charge in [0.1, 0.15) is 0 Å². The smallest absolute Gasteiger partial charge is 0.255 e. The predicted molar refractivity (Wildman–Crippen MR) is 77.6 cm³/mol. The van der Waals surface area contributed by atoms with E-state index in [0.717, 1.165) is 3.57 Å². The van der Waals surface area contributed by atoms with E-state index in [1.165, 1.54) is 4.90 Å². The molecule has 0 unspecified atom stereocenters. The van der Waals surface area contributed by atoms with E-state index in [-0.39, 0.29) is 12.5 Å². The van der Waals surface area contributed by atoms with Gasteiger partial charge in [-0.3, -0.25) is 9.59 Å². The highest BCUT2D eigenvalue weighted by Crippen LogP contribution is 2.21. The van der Waals surface area contributed by atoms with Crippen LogP contribution >= 0.6 is 38.5 Å². The molecule has 0 saturated heterocycles. The van der Waals surface area contributed by atoms with Crippen molar-refractivity contribution >= 4 is 50.3 Å². The van der Waals surface area contributed by atoms with E-state index in [1.54, 1.807) is 6.07 Å². The molecule has 1 rings (SSSR count). The molecule has 0 fully saturated rings. The van der Waals surface area contributed by atoms with Crippen molar-refractivity contribution in [2.45, 2.75) is 6.92 Å². The number of carbonyl (C=O) groups excluding carboxylic acids is 2. The second kappa shape index (κ2) is 6.34. The van der Waals surface area contributed by atoms with Crippen molar-refractivity contribution in [2.24, 2.45) is 5.73 Å². The highest BCUT2D eigenvalue weighted by Gasteiger charge is 2.18. The van der Waals surface area contributed by atoms with E-state index in [2.05, 4.69) is 38.5 Å². The number of amides is 2. The number of carbonyl (C=O) groups is 2. The minimum Gasteiger partial charge on any atom is -0.368 e. The Kier molecular flexibility index (Phi) is 5.38. The Balaban J connectivity index is 3.01. The van der Waals surface area contributed by atoms with Crippen molar-refractivity contribution in [3.8, 4) is 0 Å². The summed E-state index contributed by atoms with van der Waals surface area (Å²) in [6.07, 6.45) is 0. The van der Waals surface area contributed by atoms with Gasteiger partial charge in [0.05, 0.1) is 12.1 Å². The van der Waals surface area contributed by atoms with Crippen LogP contribution in [0.5, 0.6) is 0 Å². The molecule has 1 aromatic rings. The van der Waals surface area contributed by atoms with Gasteiger partial charge in [0, 0.05) is 14.6 Å². The van der Waals surface area contributed by atoms with Crippen LogP contribution in [0.4, 0.5) is 0 Å². The fourth-order valence-corrected chi connectivity index (χ4v) is 2.25. The van der Waals surface area contributed by atoms with Gasteiger partial charge in [0.2, 0.25) is 5.91 Å². The highest BCUT2D eigenvalue weighted by atomic mass is 127. The molecule has 2 N–H and O–H groups in total. The molecule has 0 aliphatic carbocycles. The monoisotopic (exact) mass is 410 g/mol. The second-order valence-electron chi connectivity index (χ2n) is 3.41. The number of benzene rings is 1. The van der Waals surface area contributed by atoms with Crippen molar-refractivity contribution in [1.82, 2.24) is 4.90 Å². The zero-order valence-electron chi connectivity index (χ0n) is 9.24. The van der Waals surface area contributed by atoms with Crippen molar-refractivity contribution in [3.63, 3.8) is 0 Å². The first-order chi connectivity index (χ1) is 7.95. The molecule has 0 aliphatic heterocycles. The summed E-state index contributed by atoms with van der Waals surface area (Å²) in [6.45, 7) is 2.19. The van der Waals surface area contributed by atoms with Gasteiger partial charge in [-0.15, -0.1) is 0 Å². The van der Waals surface area contributed by atoms with Crippen molar-refractivity contribution in [2.75, 3.05) is 13.1 Å². The van der Waals surface area contributed by atoms with Gasteiger partial charge in [-0.2, -0.15) is 0 Å². The van der Waals surface area contributed by atoms with Gasteiger partial charge in [0.15, 0.2) is 0 Å². The largest absolute Gasteiger partial charge is 0.368 e. The number of primary amides is 1. The van der Waals surface area contributed by atoms with Crippen molar-refractivity contribution in [3.05, 3.63) is 31.8 Å². The fourth-order valence-electron chi connectivity index (χ4n) is 1.35. The molecule has 0 aliphatic rings. The van der Waals surface area contributed by atoms with Crippen LogP contribution in [0.15, 0.2) is 22.7 Å². The van der Waals surface area contributed by atoms with E-state index in [0.29, 0.717) is 16.6 Å². The van der Waals surface area contributed by atoms with Gasteiger partial charge < -0.3 is 10.6 Å². The maximum atomic E-state index is 12.2. The molecular formula is C11H12BrIN2O2. The third kappa shape index (κ3) is 3.95. The molecule has 0 spiro atoms. The van der Waals surface area contributed by atoms with Crippen LogP contribution in [-0.2, 0) is 4.79 Å². The van der Waals surface area contributed by atoms with Crippen LogP contribution in [0.25, 0.3) is 0 Å². The molecule has 1 aromatic carbocycles. The standard InChI is InChI=1S/C11H12BrIN2O2/c1-2-15(6-10(14)16)11(17)8-5-7(13)3-4-9(8)12/h3-5H,2,6H2,1H3,(H2,14,16). The van der Waals surface area contributed by atoms with Crippen LogP contribution in [0, 0.1) is 3.57 Å². The fraction of sp³-hybridized carbons (Fsp3) is 0.273. The Hall–Kier alpha value is -0.630. The normalized spacial score (nSPS) is 10.1. The van der Waals surface area contributed by atoms with E-state index in [9.17, 15) is 9.59 Å². The third-order valence-electron chi connectivity index (χ3n) is 2.17. The van der Waals surface area contributed by atoms with Crippen LogP contribution in [0.3, 0.4) is 0 Å². The minimum absolute atomic E-state index is 0.0623. The molecule has 0 saturated carbocycles. The molecule has 92 valence electrons. The molecule has 0 bridgehead atoms.